The van der Waals surface area contributed by atoms with Gasteiger partial charge in [-0.1, -0.05) is 0 Å². The summed E-state index contributed by atoms with van der Waals surface area (Å²) < 4.78 is 5.11. The lowest BCUT2D eigenvalue weighted by Gasteiger charge is -2.14. The lowest BCUT2D eigenvalue weighted by molar-refractivity contribution is 0.281. The van der Waals surface area contributed by atoms with E-state index in [9.17, 15) is 0 Å². The average Bonchev–Trinajstić information content (AvgIpc) is 2.69. The van der Waals surface area contributed by atoms with Gasteiger partial charge in [0.05, 0.1) is 0 Å². The van der Waals surface area contributed by atoms with E-state index >= 15 is 0 Å². The topological polar surface area (TPSA) is 62.4 Å². The first-order valence-corrected chi connectivity index (χ1v) is 5.50. The number of nitrogens with zero attached hydrogens (tertiary/aromatic N) is 3. The van der Waals surface area contributed by atoms with E-state index in [4.69, 9.17) is 9.63 Å². The van der Waals surface area contributed by atoms with Gasteiger partial charge >= 0.3 is 0 Å². The smallest absolute Gasteiger partial charge is 0.266 e. The van der Waals surface area contributed by atoms with Crippen molar-refractivity contribution in [3.63, 3.8) is 0 Å². The van der Waals surface area contributed by atoms with Crippen molar-refractivity contribution in [1.82, 2.24) is 10.1 Å². The van der Waals surface area contributed by atoms with Gasteiger partial charge in [-0.15, -0.1) is 0 Å². The maximum Gasteiger partial charge on any atom is 0.266 e. The summed E-state index contributed by atoms with van der Waals surface area (Å²) in [5.74, 6) is 1.32. The molecule has 1 rings (SSSR count). The van der Waals surface area contributed by atoms with E-state index in [1.54, 1.807) is 0 Å². The maximum atomic E-state index is 8.64. The largest absolute Gasteiger partial charge is 0.396 e. The van der Waals surface area contributed by atoms with E-state index in [1.165, 1.54) is 0 Å². The third-order valence-corrected chi connectivity index (χ3v) is 2.30. The molecular formula is C10H19N3O2. The molecule has 0 bridgehead atoms. The summed E-state index contributed by atoms with van der Waals surface area (Å²) in [5, 5.41) is 12.6. The molecule has 0 spiro atoms. The first-order chi connectivity index (χ1) is 7.31. The molecular weight excluding hydrogens is 194 g/mol. The molecule has 0 radical (unpaired) electrons. The molecule has 0 saturated carbocycles. The zero-order valence-electron chi connectivity index (χ0n) is 9.44. The minimum atomic E-state index is 0.219. The Morgan fingerprint density at radius 3 is 2.60 bits per heavy atom. The zero-order valence-corrected chi connectivity index (χ0v) is 9.44. The fourth-order valence-electron chi connectivity index (χ4n) is 1.37. The Morgan fingerprint density at radius 2 is 2.00 bits per heavy atom. The highest BCUT2D eigenvalue weighted by Crippen LogP contribution is 2.10. The van der Waals surface area contributed by atoms with Crippen molar-refractivity contribution < 1.29 is 9.63 Å². The molecule has 0 fully saturated rings. The number of rotatable bonds is 7. The van der Waals surface area contributed by atoms with E-state index < -0.39 is 0 Å². The Kier molecular flexibility index (Phi) is 5.10. The molecule has 5 nitrogen and oxygen atoms in total. The Morgan fingerprint density at radius 1 is 1.27 bits per heavy atom. The summed E-state index contributed by atoms with van der Waals surface area (Å²) in [5.41, 5.74) is 0. The first-order valence-electron chi connectivity index (χ1n) is 5.50. The highest BCUT2D eigenvalue weighted by Gasteiger charge is 2.10. The van der Waals surface area contributed by atoms with E-state index in [1.807, 2.05) is 4.90 Å². The van der Waals surface area contributed by atoms with Crippen molar-refractivity contribution in [2.24, 2.45) is 0 Å². The molecule has 0 aliphatic rings. The lowest BCUT2D eigenvalue weighted by atomic mass is 10.2. The third-order valence-electron chi connectivity index (χ3n) is 2.30. The Hall–Kier alpha value is -1.10. The van der Waals surface area contributed by atoms with Crippen LogP contribution in [0.1, 0.15) is 32.6 Å². The van der Waals surface area contributed by atoms with Crippen LogP contribution >= 0.6 is 0 Å². The molecule has 0 amide bonds. The molecule has 0 atom stereocenters. The number of aromatic nitrogens is 2. The standard InChI is InChI=1S/C10H19N3O2/c1-3-13(4-2)10-11-9(15-12-10)7-5-6-8-14/h14H,3-8H2,1-2H3. The molecule has 0 aromatic carbocycles. The summed E-state index contributed by atoms with van der Waals surface area (Å²) >= 11 is 0. The number of aliphatic hydroxyl groups excluding tert-OH is 1. The highest BCUT2D eigenvalue weighted by atomic mass is 16.5. The normalized spacial score (nSPS) is 10.6. The van der Waals surface area contributed by atoms with Crippen molar-refractivity contribution in [2.45, 2.75) is 33.1 Å². The Bertz CT molecular complexity index is 271. The van der Waals surface area contributed by atoms with E-state index in [0.717, 1.165) is 32.4 Å². The van der Waals surface area contributed by atoms with Gasteiger partial charge < -0.3 is 14.5 Å². The zero-order chi connectivity index (χ0) is 11.1. The summed E-state index contributed by atoms with van der Waals surface area (Å²) in [6, 6.07) is 0. The van der Waals surface area contributed by atoms with Gasteiger partial charge in [0.25, 0.3) is 5.95 Å². The molecule has 0 unspecified atom stereocenters. The minimum absolute atomic E-state index is 0.219. The molecule has 1 aromatic heterocycles. The van der Waals surface area contributed by atoms with Gasteiger partial charge in [0.2, 0.25) is 5.89 Å². The van der Waals surface area contributed by atoms with Crippen LogP contribution in [0.5, 0.6) is 0 Å². The van der Waals surface area contributed by atoms with Crippen LogP contribution in [0.3, 0.4) is 0 Å². The third kappa shape index (κ3) is 3.51. The second-order valence-electron chi connectivity index (χ2n) is 3.34. The second kappa shape index (κ2) is 6.40. The Balaban J connectivity index is 2.47. The van der Waals surface area contributed by atoms with Crippen LogP contribution in [0.2, 0.25) is 0 Å². The van der Waals surface area contributed by atoms with Crippen molar-refractivity contribution in [3.05, 3.63) is 5.89 Å². The van der Waals surface area contributed by atoms with Gasteiger partial charge in [-0.05, 0) is 31.8 Å². The summed E-state index contributed by atoms with van der Waals surface area (Å²) in [7, 11) is 0. The van der Waals surface area contributed by atoms with Crippen LogP contribution in [0.15, 0.2) is 4.52 Å². The minimum Gasteiger partial charge on any atom is -0.396 e. The van der Waals surface area contributed by atoms with Crippen LogP contribution in [0.4, 0.5) is 5.95 Å². The molecule has 0 aliphatic carbocycles. The van der Waals surface area contributed by atoms with Crippen molar-refractivity contribution >= 4 is 5.95 Å². The van der Waals surface area contributed by atoms with Crippen molar-refractivity contribution in [2.75, 3.05) is 24.6 Å². The predicted octanol–water partition coefficient (Wildman–Crippen LogP) is 1.23. The van der Waals surface area contributed by atoms with E-state index in [0.29, 0.717) is 11.8 Å². The van der Waals surface area contributed by atoms with E-state index in [-0.39, 0.29) is 6.61 Å². The van der Waals surface area contributed by atoms with Crippen molar-refractivity contribution in [3.8, 4) is 0 Å². The van der Waals surface area contributed by atoms with E-state index in [2.05, 4.69) is 24.0 Å². The SMILES string of the molecule is CCN(CC)c1noc(CCCCO)n1. The molecule has 86 valence electrons. The maximum absolute atomic E-state index is 8.64. The van der Waals surface area contributed by atoms with Gasteiger partial charge in [0.1, 0.15) is 0 Å². The predicted molar refractivity (Wildman–Crippen MR) is 57.9 cm³/mol. The highest BCUT2D eigenvalue weighted by molar-refractivity contribution is 5.26. The van der Waals surface area contributed by atoms with Crippen LogP contribution in [0, 0.1) is 0 Å². The number of aliphatic hydroxyl groups is 1. The summed E-state index contributed by atoms with van der Waals surface area (Å²) in [4.78, 5) is 6.33. The number of unbranched alkanes of at least 4 members (excludes halogenated alkanes) is 1. The van der Waals surface area contributed by atoms with Crippen LogP contribution in [0.25, 0.3) is 0 Å². The van der Waals surface area contributed by atoms with Crippen LogP contribution in [-0.4, -0.2) is 34.9 Å². The number of aryl methyl sites for hydroxylation is 1. The van der Waals surface area contributed by atoms with Gasteiger partial charge in [-0.3, -0.25) is 0 Å². The molecule has 0 saturated heterocycles. The summed E-state index contributed by atoms with van der Waals surface area (Å²) in [6.45, 7) is 6.10. The molecule has 1 N–H and O–H groups in total. The first kappa shape index (κ1) is 12.0. The summed E-state index contributed by atoms with van der Waals surface area (Å²) in [6.07, 6.45) is 2.41. The molecule has 1 aromatic rings. The fourth-order valence-corrected chi connectivity index (χ4v) is 1.37. The molecule has 0 aliphatic heterocycles. The van der Waals surface area contributed by atoms with Crippen LogP contribution in [-0.2, 0) is 6.42 Å². The monoisotopic (exact) mass is 213 g/mol. The van der Waals surface area contributed by atoms with Crippen LogP contribution < -0.4 is 4.90 Å². The molecule has 1 heterocycles. The second-order valence-corrected chi connectivity index (χ2v) is 3.34. The number of hydrogen-bond acceptors (Lipinski definition) is 5. The van der Waals surface area contributed by atoms with Crippen molar-refractivity contribution in [1.29, 1.82) is 0 Å². The average molecular weight is 213 g/mol. The lowest BCUT2D eigenvalue weighted by Crippen LogP contribution is -2.22. The van der Waals surface area contributed by atoms with Gasteiger partial charge in [-0.25, -0.2) is 0 Å². The Labute approximate surface area is 90.1 Å². The van der Waals surface area contributed by atoms with Gasteiger partial charge in [-0.2, -0.15) is 4.98 Å². The fraction of sp³-hybridized carbons (Fsp3) is 0.800. The quantitative estimate of drug-likeness (QED) is 0.690. The number of anilines is 1. The van der Waals surface area contributed by atoms with Gasteiger partial charge in [0, 0.05) is 26.1 Å². The number of hydrogen-bond donors (Lipinski definition) is 1. The molecule has 15 heavy (non-hydrogen) atoms. The van der Waals surface area contributed by atoms with Gasteiger partial charge in [0.15, 0.2) is 0 Å². The molecule has 5 heteroatoms.